The van der Waals surface area contributed by atoms with Crippen LogP contribution < -0.4 is 0 Å². The maximum atomic E-state index is 11.9. The number of furan rings is 1. The van der Waals surface area contributed by atoms with E-state index in [2.05, 4.69) is 4.98 Å². The third-order valence-electron chi connectivity index (χ3n) is 2.64. The summed E-state index contributed by atoms with van der Waals surface area (Å²) in [7, 11) is 2.97. The molecule has 0 bridgehead atoms. The fourth-order valence-corrected chi connectivity index (χ4v) is 1.58. The Kier molecular flexibility index (Phi) is 3.43. The molecule has 0 saturated heterocycles. The summed E-state index contributed by atoms with van der Waals surface area (Å²) in [6.07, 6.45) is 3.35. The van der Waals surface area contributed by atoms with Crippen molar-refractivity contribution in [3.63, 3.8) is 0 Å². The van der Waals surface area contributed by atoms with Crippen LogP contribution in [0.2, 0.25) is 0 Å². The quantitative estimate of drug-likeness (QED) is 0.780. The van der Waals surface area contributed by atoms with Crippen LogP contribution >= 0.6 is 0 Å². The van der Waals surface area contributed by atoms with E-state index in [9.17, 15) is 4.79 Å². The summed E-state index contributed by atoms with van der Waals surface area (Å²) >= 11 is 0. The first kappa shape index (κ1) is 12.3. The first-order valence-electron chi connectivity index (χ1n) is 5.46. The molecule has 1 amide bonds. The van der Waals surface area contributed by atoms with Gasteiger partial charge in [0.05, 0.1) is 7.11 Å². The molecule has 5 heteroatoms. The van der Waals surface area contributed by atoms with Crippen LogP contribution in [-0.4, -0.2) is 30.1 Å². The summed E-state index contributed by atoms with van der Waals surface area (Å²) in [4.78, 5) is 20.7. The summed E-state index contributed by atoms with van der Waals surface area (Å²) in [6.45, 7) is 1.82. The predicted molar refractivity (Wildman–Crippen MR) is 65.8 cm³/mol. The van der Waals surface area contributed by atoms with E-state index in [4.69, 9.17) is 9.25 Å². The van der Waals surface area contributed by atoms with Crippen LogP contribution in [0.25, 0.3) is 11.3 Å². The van der Waals surface area contributed by atoms with Gasteiger partial charge in [0.15, 0.2) is 5.76 Å². The third-order valence-corrected chi connectivity index (χ3v) is 2.64. The second-order valence-corrected chi connectivity index (χ2v) is 3.84. The Hall–Kier alpha value is -2.14. The van der Waals surface area contributed by atoms with Crippen molar-refractivity contribution in [2.75, 3.05) is 14.2 Å². The molecular weight excluding hydrogens is 232 g/mol. The second-order valence-electron chi connectivity index (χ2n) is 3.84. The number of carbonyl (C=O) groups excluding carboxylic acids is 1. The molecular formula is C13H14N2O3. The fourth-order valence-electron chi connectivity index (χ4n) is 1.58. The van der Waals surface area contributed by atoms with Crippen molar-refractivity contribution in [2.24, 2.45) is 0 Å². The number of rotatable bonds is 3. The molecule has 0 aliphatic rings. The van der Waals surface area contributed by atoms with Crippen LogP contribution in [0.15, 0.2) is 35.0 Å². The van der Waals surface area contributed by atoms with Gasteiger partial charge in [-0.15, -0.1) is 0 Å². The highest BCUT2D eigenvalue weighted by Gasteiger charge is 2.20. The van der Waals surface area contributed by atoms with Crippen molar-refractivity contribution >= 4 is 5.91 Å². The number of carbonyl (C=O) groups is 1. The Morgan fingerprint density at radius 3 is 2.67 bits per heavy atom. The lowest BCUT2D eigenvalue weighted by Gasteiger charge is -2.11. The SMILES string of the molecule is CON(C)C(=O)c1oc(-c2ccncc2)cc1C. The van der Waals surface area contributed by atoms with Gasteiger partial charge in [-0.2, -0.15) is 0 Å². The molecule has 94 valence electrons. The number of amides is 1. The standard InChI is InChI=1S/C13H14N2O3/c1-9-8-11(10-4-6-14-7-5-10)18-12(9)13(16)15(2)17-3/h4-8H,1-3H3. The highest BCUT2D eigenvalue weighted by molar-refractivity contribution is 5.92. The number of hydrogen-bond acceptors (Lipinski definition) is 4. The van der Waals surface area contributed by atoms with Gasteiger partial charge in [-0.25, -0.2) is 5.06 Å². The van der Waals surface area contributed by atoms with Crippen molar-refractivity contribution < 1.29 is 14.0 Å². The number of pyridine rings is 1. The zero-order valence-electron chi connectivity index (χ0n) is 10.5. The summed E-state index contributed by atoms with van der Waals surface area (Å²) in [6, 6.07) is 5.48. The summed E-state index contributed by atoms with van der Waals surface area (Å²) in [5.41, 5.74) is 1.66. The van der Waals surface area contributed by atoms with Crippen molar-refractivity contribution in [3.05, 3.63) is 41.9 Å². The monoisotopic (exact) mass is 246 g/mol. The number of hydroxylamine groups is 2. The van der Waals surface area contributed by atoms with E-state index in [0.717, 1.165) is 16.2 Å². The normalized spacial score (nSPS) is 10.4. The Bertz CT molecular complexity index is 549. The highest BCUT2D eigenvalue weighted by Crippen LogP contribution is 2.25. The molecule has 0 radical (unpaired) electrons. The number of aryl methyl sites for hydroxylation is 1. The molecule has 0 atom stereocenters. The fraction of sp³-hybridized carbons (Fsp3) is 0.231. The van der Waals surface area contributed by atoms with E-state index in [0.29, 0.717) is 5.76 Å². The Balaban J connectivity index is 2.36. The minimum absolute atomic E-state index is 0.283. The van der Waals surface area contributed by atoms with Crippen LogP contribution in [-0.2, 0) is 4.84 Å². The first-order valence-corrected chi connectivity index (χ1v) is 5.46. The van der Waals surface area contributed by atoms with Gasteiger partial charge in [0.1, 0.15) is 5.76 Å². The minimum Gasteiger partial charge on any atom is -0.451 e. The molecule has 18 heavy (non-hydrogen) atoms. The van der Waals surface area contributed by atoms with Gasteiger partial charge < -0.3 is 4.42 Å². The van der Waals surface area contributed by atoms with E-state index in [1.54, 1.807) is 12.4 Å². The second kappa shape index (κ2) is 5.01. The largest absolute Gasteiger partial charge is 0.451 e. The van der Waals surface area contributed by atoms with Crippen LogP contribution in [0.4, 0.5) is 0 Å². The van der Waals surface area contributed by atoms with Crippen molar-refractivity contribution in [3.8, 4) is 11.3 Å². The van der Waals surface area contributed by atoms with Crippen LogP contribution in [0.3, 0.4) is 0 Å². The minimum atomic E-state index is -0.310. The number of hydrogen-bond donors (Lipinski definition) is 0. The number of nitrogens with zero attached hydrogens (tertiary/aromatic N) is 2. The molecule has 0 aromatic carbocycles. The summed E-state index contributed by atoms with van der Waals surface area (Å²) in [5.74, 6) is 0.615. The average molecular weight is 246 g/mol. The third kappa shape index (κ3) is 2.26. The van der Waals surface area contributed by atoms with Crippen molar-refractivity contribution in [1.82, 2.24) is 10.0 Å². The molecule has 2 heterocycles. The average Bonchev–Trinajstić information content (AvgIpc) is 2.80. The topological polar surface area (TPSA) is 55.6 Å². The lowest BCUT2D eigenvalue weighted by molar-refractivity contribution is -0.0773. The van der Waals surface area contributed by atoms with Gasteiger partial charge in [0.2, 0.25) is 0 Å². The van der Waals surface area contributed by atoms with Crippen molar-refractivity contribution in [2.45, 2.75) is 6.92 Å². The molecule has 0 fully saturated rings. The summed E-state index contributed by atoms with van der Waals surface area (Å²) in [5, 5.41) is 1.13. The van der Waals surface area contributed by atoms with E-state index in [1.807, 2.05) is 25.1 Å². The molecule has 0 aliphatic carbocycles. The van der Waals surface area contributed by atoms with Gasteiger partial charge in [0, 0.05) is 30.6 Å². The van der Waals surface area contributed by atoms with Crippen LogP contribution in [0.1, 0.15) is 16.1 Å². The van der Waals surface area contributed by atoms with Crippen LogP contribution in [0.5, 0.6) is 0 Å². The molecule has 0 saturated carbocycles. The molecule has 2 rings (SSSR count). The maximum absolute atomic E-state index is 11.9. The summed E-state index contributed by atoms with van der Waals surface area (Å²) < 4.78 is 5.59. The first-order chi connectivity index (χ1) is 8.63. The van der Waals surface area contributed by atoms with Gasteiger partial charge in [-0.3, -0.25) is 14.6 Å². The van der Waals surface area contributed by atoms with Gasteiger partial charge in [-0.05, 0) is 25.1 Å². The molecule has 0 unspecified atom stereocenters. The lowest BCUT2D eigenvalue weighted by atomic mass is 10.2. The molecule has 2 aromatic rings. The Morgan fingerprint density at radius 1 is 1.39 bits per heavy atom. The molecule has 0 spiro atoms. The van der Waals surface area contributed by atoms with Gasteiger partial charge in [0.25, 0.3) is 0 Å². The van der Waals surface area contributed by atoms with E-state index >= 15 is 0 Å². The molecule has 0 aliphatic heterocycles. The maximum Gasteiger partial charge on any atom is 0.313 e. The van der Waals surface area contributed by atoms with Crippen LogP contribution in [0, 0.1) is 6.92 Å². The van der Waals surface area contributed by atoms with Gasteiger partial charge in [-0.1, -0.05) is 0 Å². The Morgan fingerprint density at radius 2 is 2.06 bits per heavy atom. The smallest absolute Gasteiger partial charge is 0.313 e. The predicted octanol–water partition coefficient (Wildman–Crippen LogP) is 2.28. The van der Waals surface area contributed by atoms with E-state index in [-0.39, 0.29) is 11.7 Å². The van der Waals surface area contributed by atoms with Gasteiger partial charge >= 0.3 is 5.91 Å². The number of aromatic nitrogens is 1. The van der Waals surface area contributed by atoms with Crippen molar-refractivity contribution in [1.29, 1.82) is 0 Å². The Labute approximate surface area is 105 Å². The lowest BCUT2D eigenvalue weighted by Crippen LogP contribution is -2.25. The molecule has 2 aromatic heterocycles. The molecule has 5 nitrogen and oxygen atoms in total. The zero-order valence-corrected chi connectivity index (χ0v) is 10.5. The highest BCUT2D eigenvalue weighted by atomic mass is 16.7. The van der Waals surface area contributed by atoms with E-state index in [1.165, 1.54) is 14.2 Å². The zero-order chi connectivity index (χ0) is 13.1. The van der Waals surface area contributed by atoms with E-state index < -0.39 is 0 Å². The molecule has 0 N–H and O–H groups in total.